The Balaban J connectivity index is 2.18. The second-order valence-corrected chi connectivity index (χ2v) is 5.27. The third-order valence-electron chi connectivity index (χ3n) is 3.86. The lowest BCUT2D eigenvalue weighted by molar-refractivity contribution is 0.952. The van der Waals surface area contributed by atoms with Gasteiger partial charge in [0.05, 0.1) is 11.0 Å². The highest BCUT2D eigenvalue weighted by Crippen LogP contribution is 2.27. The Hall–Kier alpha value is -2.99. The Morgan fingerprint density at radius 2 is 1.91 bits per heavy atom. The van der Waals surface area contributed by atoms with E-state index in [2.05, 4.69) is 57.0 Å². The van der Waals surface area contributed by atoms with E-state index in [1.54, 1.807) is 0 Å². The number of fused-ring (bicyclic) bond motifs is 1. The Morgan fingerprint density at radius 3 is 2.61 bits per heavy atom. The van der Waals surface area contributed by atoms with E-state index in [1.165, 1.54) is 0 Å². The summed E-state index contributed by atoms with van der Waals surface area (Å²) in [7, 11) is 3.90. The normalized spacial score (nSPS) is 11.2. The molecule has 0 atom stereocenters. The van der Waals surface area contributed by atoms with Crippen LogP contribution >= 0.6 is 0 Å². The van der Waals surface area contributed by atoms with Gasteiger partial charge in [0, 0.05) is 14.1 Å². The summed E-state index contributed by atoms with van der Waals surface area (Å²) in [5.41, 5.74) is 5.49. The molecule has 0 saturated carbocycles. The molecule has 0 bridgehead atoms. The first-order valence-electron chi connectivity index (χ1n) is 7.57. The minimum Gasteiger partial charge on any atom is -0.359 e. The molecule has 2 aromatic carbocycles. The van der Waals surface area contributed by atoms with Crippen molar-refractivity contribution < 1.29 is 0 Å². The van der Waals surface area contributed by atoms with Crippen LogP contribution in [0.4, 0.5) is 5.95 Å². The molecule has 0 spiro atoms. The predicted molar refractivity (Wildman–Crippen MR) is 97.2 cm³/mol. The van der Waals surface area contributed by atoms with Crippen LogP contribution in [0, 0.1) is 11.8 Å². The quantitative estimate of drug-likeness (QED) is 0.739. The fourth-order valence-corrected chi connectivity index (χ4v) is 2.68. The fraction of sp³-hybridized carbons (Fsp3) is 0.150. The Labute approximate surface area is 136 Å². The summed E-state index contributed by atoms with van der Waals surface area (Å²) in [6.07, 6.45) is 1.98. The lowest BCUT2D eigenvalue weighted by Gasteiger charge is -2.08. The van der Waals surface area contributed by atoms with Gasteiger partial charge in [-0.25, -0.2) is 4.98 Å². The largest absolute Gasteiger partial charge is 0.359 e. The van der Waals surface area contributed by atoms with Gasteiger partial charge in [0.1, 0.15) is 0 Å². The number of imidazole rings is 1. The van der Waals surface area contributed by atoms with Crippen LogP contribution in [0.15, 0.2) is 54.6 Å². The molecule has 0 saturated heterocycles. The molecule has 0 fully saturated rings. The number of allylic oxidation sites excluding steroid dienone is 1. The maximum atomic E-state index is 4.57. The van der Waals surface area contributed by atoms with Gasteiger partial charge in [-0.3, -0.25) is 0 Å². The number of aryl methyl sites for hydroxylation is 1. The van der Waals surface area contributed by atoms with Crippen LogP contribution in [-0.2, 0) is 7.05 Å². The molecule has 3 nitrogen and oxygen atoms in total. The minimum atomic E-state index is 0.857. The molecule has 1 heterocycles. The minimum absolute atomic E-state index is 0.857. The molecule has 0 amide bonds. The standard InChI is InChI=1S/C20H19N3/c1-4-5-11-17(15-9-7-6-8-10-15)16-12-13-18-19(14-16)23(3)20(21-2)22-18/h6-14H,1-3H3,(H,21,22)/b17-11+. The number of hydrogen-bond acceptors (Lipinski definition) is 2. The van der Waals surface area contributed by atoms with E-state index in [0.29, 0.717) is 0 Å². The summed E-state index contributed by atoms with van der Waals surface area (Å²) in [5, 5.41) is 3.11. The number of nitrogens with one attached hydrogen (secondary N) is 1. The first-order chi connectivity index (χ1) is 11.2. The zero-order valence-electron chi connectivity index (χ0n) is 13.6. The van der Waals surface area contributed by atoms with E-state index in [0.717, 1.165) is 33.7 Å². The van der Waals surface area contributed by atoms with Crippen LogP contribution in [0.25, 0.3) is 16.6 Å². The predicted octanol–water partition coefficient (Wildman–Crippen LogP) is 4.07. The van der Waals surface area contributed by atoms with Gasteiger partial charge in [0.2, 0.25) is 5.95 Å². The molecule has 3 aromatic rings. The Bertz CT molecular complexity index is 922. The first-order valence-corrected chi connectivity index (χ1v) is 7.57. The maximum Gasteiger partial charge on any atom is 0.203 e. The van der Waals surface area contributed by atoms with Crippen molar-refractivity contribution in [2.24, 2.45) is 7.05 Å². The second kappa shape index (κ2) is 6.41. The summed E-state index contributed by atoms with van der Waals surface area (Å²) in [5.74, 6) is 6.88. The average Bonchev–Trinajstić information content (AvgIpc) is 2.92. The van der Waals surface area contributed by atoms with Gasteiger partial charge in [-0.15, -0.1) is 5.92 Å². The molecule has 23 heavy (non-hydrogen) atoms. The molecule has 0 aliphatic carbocycles. The fourth-order valence-electron chi connectivity index (χ4n) is 2.68. The molecule has 114 valence electrons. The van der Waals surface area contributed by atoms with Crippen molar-refractivity contribution in [2.75, 3.05) is 12.4 Å². The third-order valence-corrected chi connectivity index (χ3v) is 3.86. The topological polar surface area (TPSA) is 29.9 Å². The van der Waals surface area contributed by atoms with Gasteiger partial charge in [-0.05, 0) is 41.8 Å². The van der Waals surface area contributed by atoms with Gasteiger partial charge in [0.15, 0.2) is 0 Å². The summed E-state index contributed by atoms with van der Waals surface area (Å²) in [4.78, 5) is 4.57. The smallest absolute Gasteiger partial charge is 0.203 e. The molecule has 3 rings (SSSR count). The van der Waals surface area contributed by atoms with Crippen LogP contribution in [-0.4, -0.2) is 16.6 Å². The van der Waals surface area contributed by atoms with E-state index in [9.17, 15) is 0 Å². The summed E-state index contributed by atoms with van der Waals surface area (Å²) in [6.45, 7) is 1.85. The third kappa shape index (κ3) is 2.84. The van der Waals surface area contributed by atoms with E-state index in [4.69, 9.17) is 0 Å². The highest BCUT2D eigenvalue weighted by molar-refractivity contribution is 5.88. The number of anilines is 1. The molecule has 0 aliphatic heterocycles. The lowest BCUT2D eigenvalue weighted by Crippen LogP contribution is -1.97. The van der Waals surface area contributed by atoms with Crippen LogP contribution in [0.2, 0.25) is 0 Å². The van der Waals surface area contributed by atoms with Gasteiger partial charge in [0.25, 0.3) is 0 Å². The number of hydrogen-bond donors (Lipinski definition) is 1. The lowest BCUT2D eigenvalue weighted by atomic mass is 9.97. The zero-order chi connectivity index (χ0) is 16.2. The van der Waals surface area contributed by atoms with Crippen molar-refractivity contribution in [3.05, 3.63) is 65.7 Å². The molecule has 0 radical (unpaired) electrons. The van der Waals surface area contributed by atoms with Crippen molar-refractivity contribution in [1.82, 2.24) is 9.55 Å². The summed E-state index contributed by atoms with van der Waals surface area (Å²) in [6, 6.07) is 16.7. The van der Waals surface area contributed by atoms with E-state index < -0.39 is 0 Å². The van der Waals surface area contributed by atoms with Gasteiger partial charge >= 0.3 is 0 Å². The highest BCUT2D eigenvalue weighted by atomic mass is 15.2. The number of benzene rings is 2. The Kier molecular flexibility index (Phi) is 4.16. The van der Waals surface area contributed by atoms with Crippen LogP contribution in [0.1, 0.15) is 18.1 Å². The van der Waals surface area contributed by atoms with Crippen molar-refractivity contribution >= 4 is 22.6 Å². The number of nitrogens with zero attached hydrogens (tertiary/aromatic N) is 2. The molecule has 0 unspecified atom stereocenters. The summed E-state index contributed by atoms with van der Waals surface area (Å²) >= 11 is 0. The maximum absolute atomic E-state index is 4.57. The first kappa shape index (κ1) is 14.9. The number of rotatable bonds is 3. The van der Waals surface area contributed by atoms with E-state index in [-0.39, 0.29) is 0 Å². The van der Waals surface area contributed by atoms with Crippen LogP contribution in [0.3, 0.4) is 0 Å². The molecule has 1 N–H and O–H groups in total. The van der Waals surface area contributed by atoms with Gasteiger partial charge in [-0.1, -0.05) is 42.3 Å². The monoisotopic (exact) mass is 301 g/mol. The van der Waals surface area contributed by atoms with Gasteiger partial charge in [-0.2, -0.15) is 0 Å². The molecule has 3 heteroatoms. The average molecular weight is 301 g/mol. The van der Waals surface area contributed by atoms with E-state index >= 15 is 0 Å². The molecule has 0 aliphatic rings. The van der Waals surface area contributed by atoms with Crippen molar-refractivity contribution in [3.8, 4) is 11.8 Å². The molecular formula is C20H19N3. The van der Waals surface area contributed by atoms with Crippen LogP contribution in [0.5, 0.6) is 0 Å². The van der Waals surface area contributed by atoms with Crippen molar-refractivity contribution in [1.29, 1.82) is 0 Å². The molecular weight excluding hydrogens is 282 g/mol. The number of aromatic nitrogens is 2. The summed E-state index contributed by atoms with van der Waals surface area (Å²) < 4.78 is 2.06. The zero-order valence-corrected chi connectivity index (χ0v) is 13.6. The molecule has 1 aromatic heterocycles. The van der Waals surface area contributed by atoms with E-state index in [1.807, 2.05) is 45.3 Å². The second-order valence-electron chi connectivity index (χ2n) is 5.27. The van der Waals surface area contributed by atoms with Crippen LogP contribution < -0.4 is 5.32 Å². The SMILES string of the molecule is CC#C/C=C(\c1ccccc1)c1ccc2nc(NC)n(C)c2c1. The van der Waals surface area contributed by atoms with Crippen molar-refractivity contribution in [2.45, 2.75) is 6.92 Å². The van der Waals surface area contributed by atoms with Gasteiger partial charge < -0.3 is 9.88 Å². The highest BCUT2D eigenvalue weighted by Gasteiger charge is 2.10. The Morgan fingerprint density at radius 1 is 1.13 bits per heavy atom. The van der Waals surface area contributed by atoms with Crippen molar-refractivity contribution in [3.63, 3.8) is 0 Å².